The van der Waals surface area contributed by atoms with Crippen LogP contribution in [0.5, 0.6) is 0 Å². The molecule has 0 bridgehead atoms. The largest absolute Gasteiger partial charge is 0.382 e. The van der Waals surface area contributed by atoms with E-state index in [1.165, 1.54) is 18.5 Å². The zero-order chi connectivity index (χ0) is 19.7. The molecule has 0 saturated heterocycles. The van der Waals surface area contributed by atoms with Crippen LogP contribution in [0, 0.1) is 17.1 Å². The van der Waals surface area contributed by atoms with Gasteiger partial charge in [0.05, 0.1) is 17.1 Å². The van der Waals surface area contributed by atoms with Crippen LogP contribution in [0.3, 0.4) is 0 Å². The average molecular weight is 374 g/mol. The number of nitrogens with one attached hydrogen (secondary N) is 1. The first-order valence-electron chi connectivity index (χ1n) is 8.45. The Labute approximate surface area is 159 Å². The first-order valence-corrected chi connectivity index (χ1v) is 8.45. The third-order valence-corrected chi connectivity index (χ3v) is 4.25. The van der Waals surface area contributed by atoms with Crippen molar-refractivity contribution in [3.05, 3.63) is 66.1 Å². The van der Waals surface area contributed by atoms with Gasteiger partial charge in [-0.2, -0.15) is 5.26 Å². The van der Waals surface area contributed by atoms with Crippen LogP contribution in [0.15, 0.2) is 48.9 Å². The highest BCUT2D eigenvalue weighted by molar-refractivity contribution is 5.78. The monoisotopic (exact) mass is 374 g/mol. The third-order valence-electron chi connectivity index (χ3n) is 4.25. The van der Waals surface area contributed by atoms with Gasteiger partial charge in [0.25, 0.3) is 0 Å². The Bertz CT molecular complexity index is 1200. The summed E-state index contributed by atoms with van der Waals surface area (Å²) in [4.78, 5) is 17.0. The second-order valence-electron chi connectivity index (χ2n) is 6.09. The third kappa shape index (κ3) is 2.97. The number of benzene rings is 1. The molecule has 0 unspecified atom stereocenters. The molecule has 4 aromatic rings. The SMILES string of the molecule is C[C@H](Nc1ncnc(N)c1C#N)c1nc2ccc(F)cc2n1-c1ccccn1. The van der Waals surface area contributed by atoms with Gasteiger partial charge in [-0.05, 0) is 31.2 Å². The number of fused-ring (bicyclic) bond motifs is 1. The minimum absolute atomic E-state index is 0.0903. The molecular formula is C19H15FN8. The van der Waals surface area contributed by atoms with Gasteiger partial charge in [-0.25, -0.2) is 24.3 Å². The summed E-state index contributed by atoms with van der Waals surface area (Å²) in [6.07, 6.45) is 2.93. The van der Waals surface area contributed by atoms with Crippen molar-refractivity contribution in [2.24, 2.45) is 0 Å². The number of hydrogen-bond donors (Lipinski definition) is 2. The highest BCUT2D eigenvalue weighted by Gasteiger charge is 2.21. The van der Waals surface area contributed by atoms with Gasteiger partial charge in [0.1, 0.15) is 47.1 Å². The number of nitrogen functional groups attached to an aromatic ring is 1. The van der Waals surface area contributed by atoms with E-state index in [2.05, 4.69) is 25.3 Å². The number of nitrogens with two attached hydrogens (primary N) is 1. The maximum atomic E-state index is 13.9. The van der Waals surface area contributed by atoms with Crippen molar-refractivity contribution in [1.82, 2.24) is 24.5 Å². The van der Waals surface area contributed by atoms with Gasteiger partial charge in [-0.1, -0.05) is 6.07 Å². The van der Waals surface area contributed by atoms with Crippen LogP contribution >= 0.6 is 0 Å². The Hall–Kier alpha value is -4.06. The summed E-state index contributed by atoms with van der Waals surface area (Å²) in [6.45, 7) is 1.86. The number of halogens is 1. The number of anilines is 2. The van der Waals surface area contributed by atoms with Crippen molar-refractivity contribution in [2.45, 2.75) is 13.0 Å². The van der Waals surface area contributed by atoms with Gasteiger partial charge in [0.2, 0.25) is 0 Å². The molecule has 0 aliphatic rings. The lowest BCUT2D eigenvalue weighted by atomic mass is 10.2. The Morgan fingerprint density at radius 2 is 2.07 bits per heavy atom. The Kier molecular flexibility index (Phi) is 4.29. The van der Waals surface area contributed by atoms with E-state index in [0.717, 1.165) is 0 Å². The van der Waals surface area contributed by atoms with E-state index in [4.69, 9.17) is 5.73 Å². The lowest BCUT2D eigenvalue weighted by molar-refractivity contribution is 0.629. The maximum absolute atomic E-state index is 13.9. The molecule has 3 heterocycles. The smallest absolute Gasteiger partial charge is 0.150 e. The molecule has 0 radical (unpaired) electrons. The van der Waals surface area contributed by atoms with Crippen molar-refractivity contribution < 1.29 is 4.39 Å². The topological polar surface area (TPSA) is 118 Å². The molecule has 0 spiro atoms. The van der Waals surface area contributed by atoms with Crippen molar-refractivity contribution >= 4 is 22.7 Å². The molecule has 0 fully saturated rings. The fraction of sp³-hybridized carbons (Fsp3) is 0.105. The molecule has 1 atom stereocenters. The number of nitrogens with zero attached hydrogens (tertiary/aromatic N) is 6. The number of nitriles is 1. The highest BCUT2D eigenvalue weighted by atomic mass is 19.1. The predicted molar refractivity (Wildman–Crippen MR) is 102 cm³/mol. The van der Waals surface area contributed by atoms with Gasteiger partial charge in [0.15, 0.2) is 0 Å². The zero-order valence-electron chi connectivity index (χ0n) is 14.8. The van der Waals surface area contributed by atoms with Gasteiger partial charge in [0, 0.05) is 12.3 Å². The maximum Gasteiger partial charge on any atom is 0.150 e. The minimum Gasteiger partial charge on any atom is -0.382 e. The second kappa shape index (κ2) is 6.92. The van der Waals surface area contributed by atoms with Crippen molar-refractivity contribution in [3.8, 4) is 11.9 Å². The van der Waals surface area contributed by atoms with E-state index in [0.29, 0.717) is 28.5 Å². The number of pyridine rings is 1. The summed E-state index contributed by atoms with van der Waals surface area (Å²) in [7, 11) is 0. The summed E-state index contributed by atoms with van der Waals surface area (Å²) in [6, 6.07) is 11.4. The van der Waals surface area contributed by atoms with E-state index >= 15 is 0 Å². The lowest BCUT2D eigenvalue weighted by Gasteiger charge is -2.17. The highest BCUT2D eigenvalue weighted by Crippen LogP contribution is 2.28. The average Bonchev–Trinajstić information content (AvgIpc) is 3.07. The minimum atomic E-state index is -0.390. The summed E-state index contributed by atoms with van der Waals surface area (Å²) in [5.41, 5.74) is 7.12. The fourth-order valence-electron chi connectivity index (χ4n) is 2.97. The molecule has 138 valence electrons. The second-order valence-corrected chi connectivity index (χ2v) is 6.09. The van der Waals surface area contributed by atoms with Gasteiger partial charge >= 0.3 is 0 Å². The molecule has 0 amide bonds. The molecule has 4 rings (SSSR count). The van der Waals surface area contributed by atoms with Crippen LogP contribution in [-0.4, -0.2) is 24.5 Å². The zero-order valence-corrected chi connectivity index (χ0v) is 14.8. The molecule has 0 aliphatic carbocycles. The first kappa shape index (κ1) is 17.4. The molecule has 1 aromatic carbocycles. The first-order chi connectivity index (χ1) is 13.6. The molecular weight excluding hydrogens is 359 g/mol. The van der Waals surface area contributed by atoms with Crippen LogP contribution in [0.25, 0.3) is 16.9 Å². The number of hydrogen-bond acceptors (Lipinski definition) is 7. The molecule has 9 heteroatoms. The van der Waals surface area contributed by atoms with Crippen molar-refractivity contribution in [3.63, 3.8) is 0 Å². The normalized spacial score (nSPS) is 11.9. The van der Waals surface area contributed by atoms with Crippen LogP contribution in [0.4, 0.5) is 16.0 Å². The number of aromatic nitrogens is 5. The Morgan fingerprint density at radius 1 is 1.21 bits per heavy atom. The fourth-order valence-corrected chi connectivity index (χ4v) is 2.97. The van der Waals surface area contributed by atoms with Crippen molar-refractivity contribution in [2.75, 3.05) is 11.1 Å². The molecule has 28 heavy (non-hydrogen) atoms. The standard InChI is InChI=1S/C19H15FN8/c1-11(26-18-13(9-21)17(22)24-10-25-18)19-27-14-6-5-12(20)8-15(14)28(19)16-4-2-3-7-23-16/h2-8,10-11H,1H3,(H3,22,24,25,26)/t11-/m0/s1. The number of imidazole rings is 1. The van der Waals surface area contributed by atoms with Crippen LogP contribution < -0.4 is 11.1 Å². The van der Waals surface area contributed by atoms with E-state index in [1.807, 2.05) is 25.1 Å². The molecule has 8 nitrogen and oxygen atoms in total. The Morgan fingerprint density at radius 3 is 2.82 bits per heavy atom. The van der Waals surface area contributed by atoms with Gasteiger partial charge in [-0.3, -0.25) is 4.57 Å². The summed E-state index contributed by atoms with van der Waals surface area (Å²) < 4.78 is 15.7. The van der Waals surface area contributed by atoms with Crippen LogP contribution in [-0.2, 0) is 0 Å². The lowest BCUT2D eigenvalue weighted by Crippen LogP contribution is -2.16. The van der Waals surface area contributed by atoms with E-state index in [-0.39, 0.29) is 23.2 Å². The van der Waals surface area contributed by atoms with Crippen molar-refractivity contribution in [1.29, 1.82) is 5.26 Å². The van der Waals surface area contributed by atoms with E-state index in [9.17, 15) is 9.65 Å². The summed E-state index contributed by atoms with van der Waals surface area (Å²) >= 11 is 0. The quantitative estimate of drug-likeness (QED) is 0.564. The predicted octanol–water partition coefficient (Wildman–Crippen LogP) is 2.98. The van der Waals surface area contributed by atoms with Crippen LogP contribution in [0.2, 0.25) is 0 Å². The summed E-state index contributed by atoms with van der Waals surface area (Å²) in [5.74, 6) is 1.20. The molecule has 0 aliphatic heterocycles. The van der Waals surface area contributed by atoms with E-state index in [1.54, 1.807) is 22.9 Å². The van der Waals surface area contributed by atoms with Gasteiger partial charge < -0.3 is 11.1 Å². The summed E-state index contributed by atoms with van der Waals surface area (Å²) in [5, 5.41) is 12.5. The molecule has 3 N–H and O–H groups in total. The van der Waals surface area contributed by atoms with Crippen LogP contribution in [0.1, 0.15) is 24.4 Å². The van der Waals surface area contributed by atoms with E-state index < -0.39 is 0 Å². The Balaban J connectivity index is 1.85. The molecule has 0 saturated carbocycles. The van der Waals surface area contributed by atoms with Gasteiger partial charge in [-0.15, -0.1) is 0 Å². The molecule has 3 aromatic heterocycles. The number of rotatable bonds is 4.